The molecule has 3 nitrogen and oxygen atoms in total. The Hall–Kier alpha value is -1.30. The van der Waals surface area contributed by atoms with Gasteiger partial charge >= 0.3 is 0 Å². The maximum atomic E-state index is 11.0. The second-order valence-electron chi connectivity index (χ2n) is 2.52. The zero-order chi connectivity index (χ0) is 8.27. The highest BCUT2D eigenvalue weighted by Gasteiger charge is 2.22. The summed E-state index contributed by atoms with van der Waals surface area (Å²) >= 11 is 0. The number of carbonyl (C=O) groups is 1. The molecule has 1 heterocycles. The van der Waals surface area contributed by atoms with Crippen LogP contribution >= 0.6 is 0 Å². The standard InChI is InChI=1S/C8H10N2O/c1-3-8(11)10-5-7(6-10)4-9-2/h4H,3,5-6H2,1H3. The van der Waals surface area contributed by atoms with Crippen molar-refractivity contribution in [1.29, 1.82) is 0 Å². The Morgan fingerprint density at radius 2 is 2.45 bits per heavy atom. The maximum absolute atomic E-state index is 11.0. The Kier molecular flexibility index (Phi) is 2.27. The zero-order valence-corrected chi connectivity index (χ0v) is 6.50. The van der Waals surface area contributed by atoms with Gasteiger partial charge in [0.1, 0.15) is 0 Å². The topological polar surface area (TPSA) is 24.7 Å². The van der Waals surface area contributed by atoms with Crippen molar-refractivity contribution in [3.05, 3.63) is 23.2 Å². The van der Waals surface area contributed by atoms with E-state index in [2.05, 4.69) is 4.85 Å². The largest absolute Gasteiger partial charge is 0.337 e. The molecule has 0 unspecified atom stereocenters. The van der Waals surface area contributed by atoms with Gasteiger partial charge in [-0.2, -0.15) is 0 Å². The summed E-state index contributed by atoms with van der Waals surface area (Å²) in [5, 5.41) is 0. The molecule has 1 aliphatic rings. The molecule has 1 saturated heterocycles. The molecule has 1 amide bonds. The maximum Gasteiger partial charge on any atom is 0.222 e. The molecule has 0 spiro atoms. The van der Waals surface area contributed by atoms with E-state index in [0.717, 1.165) is 5.57 Å². The third-order valence-electron chi connectivity index (χ3n) is 1.69. The van der Waals surface area contributed by atoms with Crippen LogP contribution in [-0.4, -0.2) is 23.9 Å². The number of likely N-dealkylation sites (tertiary alicyclic amines) is 1. The lowest BCUT2D eigenvalue weighted by Crippen LogP contribution is -2.43. The molecule has 1 rings (SSSR count). The van der Waals surface area contributed by atoms with Crippen molar-refractivity contribution in [2.75, 3.05) is 13.1 Å². The molecule has 11 heavy (non-hydrogen) atoms. The summed E-state index contributed by atoms with van der Waals surface area (Å²) in [7, 11) is 0. The third-order valence-corrected chi connectivity index (χ3v) is 1.69. The second kappa shape index (κ2) is 3.20. The number of carbonyl (C=O) groups excluding carboxylic acids is 1. The van der Waals surface area contributed by atoms with Crippen LogP contribution in [0.25, 0.3) is 4.85 Å². The van der Waals surface area contributed by atoms with Gasteiger partial charge in [-0.25, -0.2) is 4.85 Å². The highest BCUT2D eigenvalue weighted by molar-refractivity contribution is 5.77. The van der Waals surface area contributed by atoms with Crippen LogP contribution in [-0.2, 0) is 4.79 Å². The van der Waals surface area contributed by atoms with Crippen LogP contribution in [0.1, 0.15) is 13.3 Å². The molecule has 1 fully saturated rings. The van der Waals surface area contributed by atoms with Crippen LogP contribution in [0.4, 0.5) is 0 Å². The monoisotopic (exact) mass is 150 g/mol. The molecule has 0 aromatic rings. The summed E-state index contributed by atoms with van der Waals surface area (Å²) in [5.74, 6) is 0.173. The molecule has 0 radical (unpaired) electrons. The van der Waals surface area contributed by atoms with Gasteiger partial charge in [-0.15, -0.1) is 0 Å². The van der Waals surface area contributed by atoms with Crippen LogP contribution in [0.15, 0.2) is 11.8 Å². The predicted octanol–water partition coefficient (Wildman–Crippen LogP) is 1.04. The number of rotatable bonds is 1. The molecule has 1 aliphatic heterocycles. The first-order valence-electron chi connectivity index (χ1n) is 3.60. The van der Waals surface area contributed by atoms with Crippen molar-refractivity contribution >= 4 is 5.91 Å². The summed E-state index contributed by atoms with van der Waals surface area (Å²) in [5.41, 5.74) is 1.06. The summed E-state index contributed by atoms with van der Waals surface area (Å²) < 4.78 is 0. The Labute approximate surface area is 66.1 Å². The summed E-state index contributed by atoms with van der Waals surface area (Å²) in [6, 6.07) is 0. The normalized spacial score (nSPS) is 15.3. The van der Waals surface area contributed by atoms with E-state index in [-0.39, 0.29) is 5.91 Å². The molecule has 0 aromatic carbocycles. The van der Waals surface area contributed by atoms with Crippen LogP contribution in [0.5, 0.6) is 0 Å². The van der Waals surface area contributed by atoms with Crippen LogP contribution in [0.2, 0.25) is 0 Å². The van der Waals surface area contributed by atoms with Crippen molar-refractivity contribution in [2.45, 2.75) is 13.3 Å². The van der Waals surface area contributed by atoms with Crippen LogP contribution in [0, 0.1) is 6.57 Å². The van der Waals surface area contributed by atoms with Gasteiger partial charge in [0.2, 0.25) is 5.91 Å². The van der Waals surface area contributed by atoms with E-state index in [1.165, 1.54) is 6.20 Å². The molecular formula is C8H10N2O. The lowest BCUT2D eigenvalue weighted by Gasteiger charge is -2.33. The summed E-state index contributed by atoms with van der Waals surface area (Å²) in [6.07, 6.45) is 2.06. The molecule has 58 valence electrons. The number of amides is 1. The number of nitrogens with zero attached hydrogens (tertiary/aromatic N) is 2. The van der Waals surface area contributed by atoms with Gasteiger partial charge < -0.3 is 4.90 Å². The first-order valence-corrected chi connectivity index (χ1v) is 3.60. The van der Waals surface area contributed by atoms with E-state index in [1.807, 2.05) is 6.92 Å². The second-order valence-corrected chi connectivity index (χ2v) is 2.52. The molecule has 0 bridgehead atoms. The van der Waals surface area contributed by atoms with Gasteiger partial charge in [0, 0.05) is 19.5 Å². The van der Waals surface area contributed by atoms with E-state index in [9.17, 15) is 4.79 Å². The minimum atomic E-state index is 0.173. The SMILES string of the molecule is [C-]#[N+]C=C1CN(C(=O)CC)C1. The van der Waals surface area contributed by atoms with Crippen molar-refractivity contribution in [3.8, 4) is 0 Å². The Morgan fingerprint density at radius 1 is 1.82 bits per heavy atom. The molecule has 3 heteroatoms. The molecule has 0 saturated carbocycles. The van der Waals surface area contributed by atoms with E-state index in [0.29, 0.717) is 19.5 Å². The van der Waals surface area contributed by atoms with Gasteiger partial charge in [-0.05, 0) is 5.57 Å². The van der Waals surface area contributed by atoms with Crippen molar-refractivity contribution in [2.24, 2.45) is 0 Å². The fourth-order valence-electron chi connectivity index (χ4n) is 1.02. The molecule has 0 aromatic heterocycles. The average molecular weight is 150 g/mol. The Morgan fingerprint density at radius 3 is 2.91 bits per heavy atom. The molecular weight excluding hydrogens is 140 g/mol. The zero-order valence-electron chi connectivity index (χ0n) is 6.50. The lowest BCUT2D eigenvalue weighted by molar-refractivity contribution is -0.132. The van der Waals surface area contributed by atoms with Crippen molar-refractivity contribution in [3.63, 3.8) is 0 Å². The minimum absolute atomic E-state index is 0.173. The lowest BCUT2D eigenvalue weighted by atomic mass is 10.1. The molecule has 0 N–H and O–H groups in total. The predicted molar refractivity (Wildman–Crippen MR) is 41.6 cm³/mol. The summed E-state index contributed by atoms with van der Waals surface area (Å²) in [6.45, 7) is 9.70. The third kappa shape index (κ3) is 1.58. The molecule has 0 atom stereocenters. The van der Waals surface area contributed by atoms with Crippen LogP contribution in [0.3, 0.4) is 0 Å². The fourth-order valence-corrected chi connectivity index (χ4v) is 1.02. The van der Waals surface area contributed by atoms with E-state index in [1.54, 1.807) is 4.90 Å². The Balaban J connectivity index is 2.36. The number of hydrogen-bond acceptors (Lipinski definition) is 1. The van der Waals surface area contributed by atoms with E-state index in [4.69, 9.17) is 6.57 Å². The highest BCUT2D eigenvalue weighted by Crippen LogP contribution is 2.14. The van der Waals surface area contributed by atoms with Gasteiger partial charge in [-0.1, -0.05) is 6.92 Å². The first kappa shape index (κ1) is 7.80. The average Bonchev–Trinajstić information content (AvgIpc) is 1.94. The molecule has 0 aliphatic carbocycles. The van der Waals surface area contributed by atoms with Gasteiger partial charge in [0.25, 0.3) is 0 Å². The highest BCUT2D eigenvalue weighted by atomic mass is 16.2. The van der Waals surface area contributed by atoms with Crippen molar-refractivity contribution < 1.29 is 4.79 Å². The van der Waals surface area contributed by atoms with Gasteiger partial charge in [0.05, 0.1) is 6.57 Å². The fraction of sp³-hybridized carbons (Fsp3) is 0.500. The smallest absolute Gasteiger partial charge is 0.222 e. The quantitative estimate of drug-likeness (QED) is 0.512. The Bertz CT molecular complexity index is 229. The van der Waals surface area contributed by atoms with Gasteiger partial charge in [-0.3, -0.25) is 4.79 Å². The van der Waals surface area contributed by atoms with E-state index < -0.39 is 0 Å². The van der Waals surface area contributed by atoms with E-state index >= 15 is 0 Å². The number of hydrogen-bond donors (Lipinski definition) is 0. The summed E-state index contributed by atoms with van der Waals surface area (Å²) in [4.78, 5) is 15.8. The van der Waals surface area contributed by atoms with Crippen molar-refractivity contribution in [1.82, 2.24) is 4.90 Å². The van der Waals surface area contributed by atoms with Crippen LogP contribution < -0.4 is 0 Å². The minimum Gasteiger partial charge on any atom is -0.337 e. The first-order chi connectivity index (χ1) is 5.27. The van der Waals surface area contributed by atoms with Gasteiger partial charge in [0.15, 0.2) is 6.20 Å².